The van der Waals surface area contributed by atoms with E-state index in [2.05, 4.69) is 59.4 Å². The summed E-state index contributed by atoms with van der Waals surface area (Å²) in [5, 5.41) is 4.37. The molecule has 1 saturated heterocycles. The first-order valence-corrected chi connectivity index (χ1v) is 10.5. The van der Waals surface area contributed by atoms with Crippen LogP contribution in [-0.4, -0.2) is 28.5 Å². The van der Waals surface area contributed by atoms with Gasteiger partial charge in [0, 0.05) is 29.0 Å². The standard InChI is InChI=1S/C22H26N4OS/c1-15-10-18(25-22-23-13-16(2)28-22)12-20(24-15)21-8-5-9-26(21)14-17-6-4-7-19(11-17)27-3/h4,6-7,10-13,21H,5,8-9,14H2,1-3H3,(H,23,24,25)/t21-/m0/s1. The summed E-state index contributed by atoms with van der Waals surface area (Å²) in [5.74, 6) is 0.909. The van der Waals surface area contributed by atoms with Crippen molar-refractivity contribution in [3.05, 3.63) is 64.4 Å². The molecule has 3 heterocycles. The summed E-state index contributed by atoms with van der Waals surface area (Å²) in [6, 6.07) is 12.9. The van der Waals surface area contributed by atoms with Crippen LogP contribution in [0.5, 0.6) is 5.75 Å². The largest absolute Gasteiger partial charge is 0.497 e. The van der Waals surface area contributed by atoms with Crippen LogP contribution in [0.15, 0.2) is 42.6 Å². The molecule has 1 aliphatic heterocycles. The molecule has 28 heavy (non-hydrogen) atoms. The molecular weight excluding hydrogens is 368 g/mol. The number of rotatable bonds is 6. The predicted molar refractivity (Wildman–Crippen MR) is 114 cm³/mol. The molecule has 2 aromatic heterocycles. The van der Waals surface area contributed by atoms with Crippen LogP contribution in [0.3, 0.4) is 0 Å². The van der Waals surface area contributed by atoms with Crippen molar-refractivity contribution < 1.29 is 4.74 Å². The Hall–Kier alpha value is -2.44. The van der Waals surface area contributed by atoms with Gasteiger partial charge in [0.25, 0.3) is 0 Å². The van der Waals surface area contributed by atoms with E-state index in [9.17, 15) is 0 Å². The molecule has 146 valence electrons. The van der Waals surface area contributed by atoms with E-state index in [4.69, 9.17) is 9.72 Å². The SMILES string of the molecule is COc1cccc(CN2CCC[C@H]2c2cc(Nc3ncc(C)s3)cc(C)n2)c1. The highest BCUT2D eigenvalue weighted by Gasteiger charge is 2.27. The number of nitrogens with one attached hydrogen (secondary N) is 1. The molecule has 1 N–H and O–H groups in total. The second-order valence-electron chi connectivity index (χ2n) is 7.30. The first-order valence-electron chi connectivity index (χ1n) is 9.66. The number of aromatic nitrogens is 2. The van der Waals surface area contributed by atoms with E-state index in [0.29, 0.717) is 6.04 Å². The van der Waals surface area contributed by atoms with Crippen LogP contribution in [-0.2, 0) is 6.54 Å². The summed E-state index contributed by atoms with van der Waals surface area (Å²) in [4.78, 5) is 13.0. The van der Waals surface area contributed by atoms with Gasteiger partial charge in [-0.1, -0.05) is 12.1 Å². The van der Waals surface area contributed by atoms with Crippen LogP contribution in [0.4, 0.5) is 10.8 Å². The van der Waals surface area contributed by atoms with E-state index in [1.54, 1.807) is 18.4 Å². The highest BCUT2D eigenvalue weighted by Crippen LogP contribution is 2.34. The number of thiazole rings is 1. The minimum atomic E-state index is 0.338. The van der Waals surface area contributed by atoms with Crippen molar-refractivity contribution in [1.29, 1.82) is 0 Å². The average molecular weight is 395 g/mol. The molecule has 0 radical (unpaired) electrons. The second-order valence-corrected chi connectivity index (χ2v) is 8.54. The quantitative estimate of drug-likeness (QED) is 0.619. The number of nitrogens with zero attached hydrogens (tertiary/aromatic N) is 3. The number of pyridine rings is 1. The molecule has 3 aromatic rings. The smallest absolute Gasteiger partial charge is 0.187 e. The van der Waals surface area contributed by atoms with Crippen molar-refractivity contribution in [3.63, 3.8) is 0 Å². The van der Waals surface area contributed by atoms with Gasteiger partial charge in [-0.25, -0.2) is 4.98 Å². The van der Waals surface area contributed by atoms with E-state index >= 15 is 0 Å². The number of methoxy groups -OCH3 is 1. The van der Waals surface area contributed by atoms with Crippen molar-refractivity contribution in [2.45, 2.75) is 39.3 Å². The van der Waals surface area contributed by atoms with Crippen molar-refractivity contribution in [1.82, 2.24) is 14.9 Å². The number of likely N-dealkylation sites (tertiary alicyclic amines) is 1. The summed E-state index contributed by atoms with van der Waals surface area (Å²) in [5.41, 5.74) is 4.50. The minimum Gasteiger partial charge on any atom is -0.497 e. The monoisotopic (exact) mass is 394 g/mol. The molecule has 0 amide bonds. The predicted octanol–water partition coefficient (Wildman–Crippen LogP) is 5.24. The van der Waals surface area contributed by atoms with Crippen LogP contribution in [0.25, 0.3) is 0 Å². The Kier molecular flexibility index (Phi) is 5.59. The maximum Gasteiger partial charge on any atom is 0.187 e. The fraction of sp³-hybridized carbons (Fsp3) is 0.364. The zero-order valence-electron chi connectivity index (χ0n) is 16.6. The molecule has 0 bridgehead atoms. The lowest BCUT2D eigenvalue weighted by molar-refractivity contribution is 0.244. The zero-order chi connectivity index (χ0) is 19.5. The number of hydrogen-bond acceptors (Lipinski definition) is 6. The van der Waals surface area contributed by atoms with Gasteiger partial charge >= 0.3 is 0 Å². The molecule has 1 aromatic carbocycles. The van der Waals surface area contributed by atoms with Gasteiger partial charge < -0.3 is 10.1 Å². The highest BCUT2D eigenvalue weighted by atomic mass is 32.1. The van der Waals surface area contributed by atoms with Crippen LogP contribution < -0.4 is 10.1 Å². The Morgan fingerprint density at radius 3 is 2.93 bits per heavy atom. The summed E-state index contributed by atoms with van der Waals surface area (Å²) in [6.07, 6.45) is 4.23. The summed E-state index contributed by atoms with van der Waals surface area (Å²) in [6.45, 7) is 6.13. The van der Waals surface area contributed by atoms with E-state index in [1.807, 2.05) is 12.3 Å². The molecule has 0 aliphatic carbocycles. The van der Waals surface area contributed by atoms with Crippen LogP contribution >= 0.6 is 11.3 Å². The third-order valence-corrected chi connectivity index (χ3v) is 5.90. The van der Waals surface area contributed by atoms with Crippen molar-refractivity contribution in [2.75, 3.05) is 19.0 Å². The van der Waals surface area contributed by atoms with Gasteiger partial charge in [0.15, 0.2) is 5.13 Å². The van der Waals surface area contributed by atoms with Crippen molar-refractivity contribution in [3.8, 4) is 5.75 Å². The number of aryl methyl sites for hydroxylation is 2. The Balaban J connectivity index is 1.54. The Bertz CT molecular complexity index is 955. The third kappa shape index (κ3) is 4.34. The molecule has 1 atom stereocenters. The molecule has 4 rings (SSSR count). The fourth-order valence-corrected chi connectivity index (χ4v) is 4.51. The van der Waals surface area contributed by atoms with E-state index < -0.39 is 0 Å². The number of anilines is 2. The van der Waals surface area contributed by atoms with Gasteiger partial charge in [-0.15, -0.1) is 11.3 Å². The third-order valence-electron chi connectivity index (χ3n) is 5.07. The van der Waals surface area contributed by atoms with E-state index in [1.165, 1.54) is 16.9 Å². The lowest BCUT2D eigenvalue weighted by Crippen LogP contribution is -2.23. The average Bonchev–Trinajstić information content (AvgIpc) is 3.30. The van der Waals surface area contributed by atoms with Gasteiger partial charge in [0.2, 0.25) is 0 Å². The Morgan fingerprint density at radius 2 is 2.14 bits per heavy atom. The van der Waals surface area contributed by atoms with Gasteiger partial charge in [-0.2, -0.15) is 0 Å². The molecule has 1 fully saturated rings. The topological polar surface area (TPSA) is 50.3 Å². The van der Waals surface area contributed by atoms with Crippen molar-refractivity contribution in [2.24, 2.45) is 0 Å². The Labute approximate surface area is 170 Å². The first kappa shape index (κ1) is 18.9. The number of hydrogen-bond donors (Lipinski definition) is 1. The molecule has 6 heteroatoms. The molecule has 0 unspecified atom stereocenters. The van der Waals surface area contributed by atoms with Gasteiger partial charge in [-0.05, 0) is 63.1 Å². The number of benzene rings is 1. The first-order chi connectivity index (χ1) is 13.6. The summed E-state index contributed by atoms with van der Waals surface area (Å²) < 4.78 is 5.38. The maximum absolute atomic E-state index is 5.38. The van der Waals surface area contributed by atoms with Gasteiger partial charge in [-0.3, -0.25) is 9.88 Å². The second kappa shape index (κ2) is 8.29. The summed E-state index contributed by atoms with van der Waals surface area (Å²) >= 11 is 1.67. The highest BCUT2D eigenvalue weighted by molar-refractivity contribution is 7.15. The normalized spacial score (nSPS) is 17.0. The lowest BCUT2D eigenvalue weighted by atomic mass is 10.1. The Morgan fingerprint density at radius 1 is 1.25 bits per heavy atom. The molecule has 0 saturated carbocycles. The summed E-state index contributed by atoms with van der Waals surface area (Å²) in [7, 11) is 1.72. The van der Waals surface area contributed by atoms with Crippen LogP contribution in [0.2, 0.25) is 0 Å². The lowest BCUT2D eigenvalue weighted by Gasteiger charge is -2.25. The van der Waals surface area contributed by atoms with E-state index in [0.717, 1.165) is 47.5 Å². The van der Waals surface area contributed by atoms with Crippen LogP contribution in [0.1, 0.15) is 40.7 Å². The van der Waals surface area contributed by atoms with Gasteiger partial charge in [0.05, 0.1) is 18.8 Å². The molecule has 0 spiro atoms. The molecule has 1 aliphatic rings. The van der Waals surface area contributed by atoms with E-state index in [-0.39, 0.29) is 0 Å². The number of ether oxygens (including phenoxy) is 1. The maximum atomic E-state index is 5.38. The molecular formula is C22H26N4OS. The molecule has 5 nitrogen and oxygen atoms in total. The van der Waals surface area contributed by atoms with Crippen LogP contribution in [0, 0.1) is 13.8 Å². The van der Waals surface area contributed by atoms with Gasteiger partial charge in [0.1, 0.15) is 5.75 Å². The zero-order valence-corrected chi connectivity index (χ0v) is 17.4. The minimum absolute atomic E-state index is 0.338. The van der Waals surface area contributed by atoms with Crippen molar-refractivity contribution >= 4 is 22.2 Å². The fourth-order valence-electron chi connectivity index (χ4n) is 3.83.